The SMILES string of the molecule is CC1(CNCCC2(CN)CCCCC2)CCCO1. The maximum atomic E-state index is 6.02. The molecule has 1 saturated heterocycles. The fraction of sp³-hybridized carbons (Fsp3) is 1.00. The predicted molar refractivity (Wildman–Crippen MR) is 75.7 cm³/mol. The van der Waals surface area contributed by atoms with Gasteiger partial charge >= 0.3 is 0 Å². The summed E-state index contributed by atoms with van der Waals surface area (Å²) in [6.07, 6.45) is 10.5. The van der Waals surface area contributed by atoms with Gasteiger partial charge in [0.1, 0.15) is 0 Å². The lowest BCUT2D eigenvalue weighted by Crippen LogP contribution is -2.40. The van der Waals surface area contributed by atoms with Crippen molar-refractivity contribution < 1.29 is 4.74 Å². The van der Waals surface area contributed by atoms with Crippen LogP contribution in [0.15, 0.2) is 0 Å². The molecule has 1 atom stereocenters. The minimum Gasteiger partial charge on any atom is -0.374 e. The van der Waals surface area contributed by atoms with Gasteiger partial charge in [0, 0.05) is 13.2 Å². The Hall–Kier alpha value is -0.120. The van der Waals surface area contributed by atoms with Crippen molar-refractivity contribution >= 4 is 0 Å². The van der Waals surface area contributed by atoms with Gasteiger partial charge in [-0.2, -0.15) is 0 Å². The zero-order valence-corrected chi connectivity index (χ0v) is 12.0. The lowest BCUT2D eigenvalue weighted by molar-refractivity contribution is 0.0201. The predicted octanol–water partition coefficient (Wildman–Crippen LogP) is 2.44. The van der Waals surface area contributed by atoms with Gasteiger partial charge in [-0.25, -0.2) is 0 Å². The van der Waals surface area contributed by atoms with Crippen molar-refractivity contribution in [3.8, 4) is 0 Å². The van der Waals surface area contributed by atoms with Crippen LogP contribution in [0.4, 0.5) is 0 Å². The van der Waals surface area contributed by atoms with E-state index in [-0.39, 0.29) is 5.60 Å². The quantitative estimate of drug-likeness (QED) is 0.716. The molecule has 2 fully saturated rings. The van der Waals surface area contributed by atoms with Crippen LogP contribution < -0.4 is 11.1 Å². The molecule has 3 nitrogen and oxygen atoms in total. The third kappa shape index (κ3) is 3.69. The molecule has 3 N–H and O–H groups in total. The van der Waals surface area contributed by atoms with Gasteiger partial charge in [0.15, 0.2) is 0 Å². The molecule has 18 heavy (non-hydrogen) atoms. The van der Waals surface area contributed by atoms with Gasteiger partial charge in [-0.1, -0.05) is 19.3 Å². The first-order chi connectivity index (χ1) is 8.68. The highest BCUT2D eigenvalue weighted by Crippen LogP contribution is 2.38. The fourth-order valence-corrected chi connectivity index (χ4v) is 3.54. The van der Waals surface area contributed by atoms with E-state index < -0.39 is 0 Å². The summed E-state index contributed by atoms with van der Waals surface area (Å²) in [5.41, 5.74) is 6.54. The summed E-state index contributed by atoms with van der Waals surface area (Å²) < 4.78 is 5.80. The topological polar surface area (TPSA) is 47.3 Å². The monoisotopic (exact) mass is 254 g/mol. The molecule has 1 aliphatic heterocycles. The lowest BCUT2D eigenvalue weighted by Gasteiger charge is -2.36. The van der Waals surface area contributed by atoms with Crippen molar-refractivity contribution in [2.75, 3.05) is 26.2 Å². The van der Waals surface area contributed by atoms with Crippen LogP contribution in [0.2, 0.25) is 0 Å². The maximum absolute atomic E-state index is 6.02. The fourth-order valence-electron chi connectivity index (χ4n) is 3.54. The summed E-state index contributed by atoms with van der Waals surface area (Å²) in [5, 5.41) is 3.59. The highest BCUT2D eigenvalue weighted by molar-refractivity contribution is 4.86. The molecule has 1 aliphatic carbocycles. The van der Waals surface area contributed by atoms with Crippen molar-refractivity contribution in [1.82, 2.24) is 5.32 Å². The first-order valence-corrected chi connectivity index (χ1v) is 7.73. The Bertz CT molecular complexity index is 243. The number of nitrogens with one attached hydrogen (secondary N) is 1. The van der Waals surface area contributed by atoms with Gasteiger partial charge in [-0.05, 0) is 57.5 Å². The van der Waals surface area contributed by atoms with E-state index in [1.54, 1.807) is 0 Å². The Balaban J connectivity index is 1.67. The van der Waals surface area contributed by atoms with Gasteiger partial charge in [-0.15, -0.1) is 0 Å². The summed E-state index contributed by atoms with van der Waals surface area (Å²) >= 11 is 0. The van der Waals surface area contributed by atoms with E-state index in [1.807, 2.05) is 0 Å². The van der Waals surface area contributed by atoms with E-state index in [0.717, 1.165) is 26.2 Å². The van der Waals surface area contributed by atoms with Gasteiger partial charge in [0.05, 0.1) is 5.60 Å². The molecule has 2 rings (SSSR count). The highest BCUT2D eigenvalue weighted by atomic mass is 16.5. The van der Waals surface area contributed by atoms with E-state index in [4.69, 9.17) is 10.5 Å². The Kier molecular flexibility index (Phi) is 5.05. The number of hydrogen-bond acceptors (Lipinski definition) is 3. The van der Waals surface area contributed by atoms with Crippen LogP contribution in [-0.4, -0.2) is 31.8 Å². The summed E-state index contributed by atoms with van der Waals surface area (Å²) in [4.78, 5) is 0. The largest absolute Gasteiger partial charge is 0.374 e. The lowest BCUT2D eigenvalue weighted by atomic mass is 9.72. The van der Waals surface area contributed by atoms with Crippen molar-refractivity contribution in [1.29, 1.82) is 0 Å². The standard InChI is InChI=1S/C15H30N2O/c1-14(6-5-11-18-14)13-17-10-9-15(12-16)7-3-2-4-8-15/h17H,2-13,16H2,1H3. The molecule has 0 bridgehead atoms. The summed E-state index contributed by atoms with van der Waals surface area (Å²) in [7, 11) is 0. The van der Waals surface area contributed by atoms with Crippen LogP contribution in [0.25, 0.3) is 0 Å². The van der Waals surface area contributed by atoms with Crippen LogP contribution >= 0.6 is 0 Å². The van der Waals surface area contributed by atoms with E-state index >= 15 is 0 Å². The highest BCUT2D eigenvalue weighted by Gasteiger charge is 2.31. The minimum atomic E-state index is 0.0858. The number of nitrogens with two attached hydrogens (primary N) is 1. The van der Waals surface area contributed by atoms with Gasteiger partial charge in [-0.3, -0.25) is 0 Å². The molecule has 1 unspecified atom stereocenters. The summed E-state index contributed by atoms with van der Waals surface area (Å²) in [6, 6.07) is 0. The van der Waals surface area contributed by atoms with E-state index in [0.29, 0.717) is 5.41 Å². The molecular weight excluding hydrogens is 224 g/mol. The molecule has 106 valence electrons. The van der Waals surface area contributed by atoms with E-state index in [9.17, 15) is 0 Å². The average molecular weight is 254 g/mol. The minimum absolute atomic E-state index is 0.0858. The second-order valence-corrected chi connectivity index (χ2v) is 6.59. The van der Waals surface area contributed by atoms with Gasteiger partial charge < -0.3 is 15.8 Å². The Morgan fingerprint density at radius 2 is 1.89 bits per heavy atom. The molecule has 1 saturated carbocycles. The van der Waals surface area contributed by atoms with Crippen LogP contribution in [0.3, 0.4) is 0 Å². The molecule has 1 heterocycles. The number of ether oxygens (including phenoxy) is 1. The zero-order chi connectivity index (χ0) is 12.9. The van der Waals surface area contributed by atoms with Crippen LogP contribution in [0.1, 0.15) is 58.3 Å². The smallest absolute Gasteiger partial charge is 0.0779 e. The summed E-state index contributed by atoms with van der Waals surface area (Å²) in [5.74, 6) is 0. The van der Waals surface area contributed by atoms with Crippen LogP contribution in [0.5, 0.6) is 0 Å². The number of hydrogen-bond donors (Lipinski definition) is 2. The van der Waals surface area contributed by atoms with Crippen molar-refractivity contribution in [3.05, 3.63) is 0 Å². The second-order valence-electron chi connectivity index (χ2n) is 6.59. The molecule has 0 radical (unpaired) electrons. The third-order valence-electron chi connectivity index (χ3n) is 4.98. The molecule has 2 aliphatic rings. The van der Waals surface area contributed by atoms with Crippen molar-refractivity contribution in [2.45, 2.75) is 63.9 Å². The molecular formula is C15H30N2O. The van der Waals surface area contributed by atoms with E-state index in [2.05, 4.69) is 12.2 Å². The molecule has 0 spiro atoms. The zero-order valence-electron chi connectivity index (χ0n) is 12.0. The van der Waals surface area contributed by atoms with Crippen LogP contribution in [-0.2, 0) is 4.74 Å². The van der Waals surface area contributed by atoms with Crippen molar-refractivity contribution in [3.63, 3.8) is 0 Å². The average Bonchev–Trinajstić information content (AvgIpc) is 2.83. The van der Waals surface area contributed by atoms with E-state index in [1.165, 1.54) is 51.4 Å². The van der Waals surface area contributed by atoms with Gasteiger partial charge in [0.2, 0.25) is 0 Å². The molecule has 3 heteroatoms. The first kappa shape index (κ1) is 14.3. The first-order valence-electron chi connectivity index (χ1n) is 7.73. The molecule has 0 aromatic heterocycles. The Morgan fingerprint density at radius 3 is 2.50 bits per heavy atom. The maximum Gasteiger partial charge on any atom is 0.0779 e. The van der Waals surface area contributed by atoms with Crippen molar-refractivity contribution in [2.24, 2.45) is 11.1 Å². The third-order valence-corrected chi connectivity index (χ3v) is 4.98. The Labute approximate surface area is 112 Å². The summed E-state index contributed by atoms with van der Waals surface area (Å²) in [6.45, 7) is 6.11. The Morgan fingerprint density at radius 1 is 1.11 bits per heavy atom. The molecule has 0 amide bonds. The molecule has 0 aromatic carbocycles. The second kappa shape index (κ2) is 6.36. The van der Waals surface area contributed by atoms with Gasteiger partial charge in [0.25, 0.3) is 0 Å². The number of rotatable bonds is 6. The van der Waals surface area contributed by atoms with Crippen LogP contribution in [0, 0.1) is 5.41 Å². The molecule has 0 aromatic rings. The normalized spacial score (nSPS) is 31.7.